The number of aromatic nitrogens is 1. The first-order valence-electron chi connectivity index (χ1n) is 11.2. The van der Waals surface area contributed by atoms with E-state index in [1.807, 2.05) is 30.5 Å². The highest BCUT2D eigenvalue weighted by Crippen LogP contribution is 2.49. The van der Waals surface area contributed by atoms with Crippen LogP contribution in [0.5, 0.6) is 0 Å². The van der Waals surface area contributed by atoms with E-state index in [1.165, 1.54) is 0 Å². The van der Waals surface area contributed by atoms with Gasteiger partial charge < -0.3 is 24.5 Å². The number of alkyl carbamates (subject to hydrolysis) is 1. The van der Waals surface area contributed by atoms with Gasteiger partial charge in [0.25, 0.3) is 0 Å². The van der Waals surface area contributed by atoms with E-state index < -0.39 is 6.09 Å². The van der Waals surface area contributed by atoms with E-state index in [2.05, 4.69) is 29.9 Å². The molecule has 5 rings (SSSR count). The number of fused-ring (bicyclic) bond motifs is 4. The van der Waals surface area contributed by atoms with E-state index >= 15 is 0 Å². The van der Waals surface area contributed by atoms with Gasteiger partial charge in [0.15, 0.2) is 0 Å². The van der Waals surface area contributed by atoms with Crippen LogP contribution in [-0.2, 0) is 25.5 Å². The van der Waals surface area contributed by atoms with Crippen LogP contribution in [0.25, 0.3) is 10.9 Å². The van der Waals surface area contributed by atoms with Crippen LogP contribution in [0.1, 0.15) is 38.2 Å². The Morgan fingerprint density at radius 1 is 1.38 bits per heavy atom. The van der Waals surface area contributed by atoms with Crippen LogP contribution in [0.4, 0.5) is 4.79 Å². The number of H-pyrrole nitrogens is 1. The molecular weight excluding hydrogens is 408 g/mol. The lowest BCUT2D eigenvalue weighted by Gasteiger charge is -2.20. The fourth-order valence-electron chi connectivity index (χ4n) is 4.91. The number of hydrogen-bond acceptors (Lipinski definition) is 5. The topological polar surface area (TPSA) is 92.9 Å². The summed E-state index contributed by atoms with van der Waals surface area (Å²) in [7, 11) is 0. The Balaban J connectivity index is 1.18. The highest BCUT2D eigenvalue weighted by Gasteiger charge is 2.61. The summed E-state index contributed by atoms with van der Waals surface area (Å²) in [5, 5.41) is 3.91. The van der Waals surface area contributed by atoms with Crippen molar-refractivity contribution in [3.05, 3.63) is 59.8 Å². The summed E-state index contributed by atoms with van der Waals surface area (Å²) in [4.78, 5) is 27.6. The molecule has 0 radical (unpaired) electrons. The Labute approximate surface area is 186 Å². The van der Waals surface area contributed by atoms with Crippen LogP contribution >= 0.6 is 0 Å². The molecule has 4 atom stereocenters. The maximum Gasteiger partial charge on any atom is 0.407 e. The first-order valence-corrected chi connectivity index (χ1v) is 11.2. The van der Waals surface area contributed by atoms with Gasteiger partial charge in [-0.2, -0.15) is 0 Å². The third-order valence-electron chi connectivity index (χ3n) is 6.93. The average Bonchev–Trinajstić information content (AvgIpc) is 3.14. The lowest BCUT2D eigenvalue weighted by Crippen LogP contribution is -2.29. The number of carbonyl (C=O) groups excluding carboxylic acids is 2. The third-order valence-corrected chi connectivity index (χ3v) is 6.93. The summed E-state index contributed by atoms with van der Waals surface area (Å²) < 4.78 is 17.0. The van der Waals surface area contributed by atoms with E-state index in [1.54, 1.807) is 0 Å². The molecule has 1 aromatic carbocycles. The SMILES string of the molecule is C=C1C(=O)O[C@H]2[C@H]1CC/C(COC(=O)NCc1c[nH]c3ccccc13)=C\CC[C@@]1(C)O[C@@H]21. The van der Waals surface area contributed by atoms with Crippen LogP contribution in [0.2, 0.25) is 0 Å². The highest BCUT2D eigenvalue weighted by atomic mass is 16.6. The quantitative estimate of drug-likeness (QED) is 0.325. The fourth-order valence-corrected chi connectivity index (χ4v) is 4.91. The molecule has 2 aliphatic heterocycles. The van der Waals surface area contributed by atoms with Crippen molar-refractivity contribution in [2.45, 2.75) is 57.0 Å². The summed E-state index contributed by atoms with van der Waals surface area (Å²) >= 11 is 0. The molecule has 7 heteroatoms. The maximum atomic E-state index is 12.3. The molecule has 2 saturated heterocycles. The Hall–Kier alpha value is -3.06. The minimum atomic E-state index is -0.451. The summed E-state index contributed by atoms with van der Waals surface area (Å²) in [6.07, 6.45) is 6.36. The van der Waals surface area contributed by atoms with Crippen molar-refractivity contribution in [1.29, 1.82) is 0 Å². The van der Waals surface area contributed by atoms with Gasteiger partial charge in [-0.05, 0) is 49.8 Å². The molecule has 3 aliphatic rings. The first kappa shape index (κ1) is 20.8. The molecule has 2 N–H and O–H groups in total. The molecule has 1 aromatic heterocycles. The monoisotopic (exact) mass is 436 g/mol. The summed E-state index contributed by atoms with van der Waals surface area (Å²) in [5.41, 5.74) is 3.34. The smallest absolute Gasteiger partial charge is 0.407 e. The lowest BCUT2D eigenvalue weighted by atomic mass is 9.84. The van der Waals surface area contributed by atoms with Gasteiger partial charge in [-0.25, -0.2) is 9.59 Å². The summed E-state index contributed by atoms with van der Waals surface area (Å²) in [6, 6.07) is 7.96. The van der Waals surface area contributed by atoms with Crippen LogP contribution < -0.4 is 5.32 Å². The van der Waals surface area contributed by atoms with Gasteiger partial charge >= 0.3 is 12.1 Å². The largest absolute Gasteiger partial charge is 0.455 e. The standard InChI is InChI=1S/C25H28N2O5/c1-15-18-10-9-16(6-5-11-25(2)22(32-25)21(18)31-23(15)28)14-30-24(29)27-13-17-12-26-20-8-4-3-7-19(17)20/h3-4,6-8,12,18,21-22,26H,1,5,9-11,13-14H2,2H3,(H,27,29)/b16-6+/t18-,21-,22-,25+/m0/s1. The zero-order valence-electron chi connectivity index (χ0n) is 18.2. The maximum absolute atomic E-state index is 12.3. The Morgan fingerprint density at radius 3 is 3.09 bits per heavy atom. The van der Waals surface area contributed by atoms with Crippen LogP contribution in [0.15, 0.2) is 54.3 Å². The predicted octanol–water partition coefficient (Wildman–Crippen LogP) is 4.15. The Kier molecular flexibility index (Phi) is 5.29. The number of esters is 1. The first-order chi connectivity index (χ1) is 15.4. The van der Waals surface area contributed by atoms with Gasteiger partial charge in [-0.15, -0.1) is 0 Å². The number of ether oxygens (including phenoxy) is 3. The van der Waals surface area contributed by atoms with Crippen molar-refractivity contribution in [3.8, 4) is 0 Å². The molecular formula is C25H28N2O5. The third kappa shape index (κ3) is 3.93. The van der Waals surface area contributed by atoms with E-state index in [4.69, 9.17) is 14.2 Å². The van der Waals surface area contributed by atoms with E-state index in [0.29, 0.717) is 12.1 Å². The molecule has 0 spiro atoms. The molecule has 7 nitrogen and oxygen atoms in total. The van der Waals surface area contributed by atoms with E-state index in [9.17, 15) is 9.59 Å². The average molecular weight is 437 g/mol. The molecule has 2 aromatic rings. The number of benzene rings is 1. The fraction of sp³-hybridized carbons (Fsp3) is 0.440. The number of aromatic amines is 1. The molecule has 168 valence electrons. The number of allylic oxidation sites excluding steroid dienone is 1. The molecule has 0 saturated carbocycles. The molecule has 32 heavy (non-hydrogen) atoms. The minimum absolute atomic E-state index is 0.0582. The normalized spacial score (nSPS) is 31.2. The van der Waals surface area contributed by atoms with E-state index in [0.717, 1.165) is 47.7 Å². The zero-order chi connectivity index (χ0) is 22.3. The molecule has 1 amide bonds. The van der Waals surface area contributed by atoms with Crippen molar-refractivity contribution in [1.82, 2.24) is 10.3 Å². The highest BCUT2D eigenvalue weighted by molar-refractivity contribution is 5.91. The second-order valence-electron chi connectivity index (χ2n) is 9.08. The number of carbonyl (C=O) groups is 2. The molecule has 1 aliphatic carbocycles. The van der Waals surface area contributed by atoms with Crippen LogP contribution in [-0.4, -0.2) is 41.5 Å². The number of hydrogen-bond donors (Lipinski definition) is 2. The van der Waals surface area contributed by atoms with Gasteiger partial charge in [0.05, 0.1) is 5.60 Å². The van der Waals surface area contributed by atoms with Gasteiger partial charge in [0, 0.05) is 35.1 Å². The second-order valence-corrected chi connectivity index (χ2v) is 9.08. The molecule has 0 bridgehead atoms. The second kappa shape index (κ2) is 8.13. The van der Waals surface area contributed by atoms with Gasteiger partial charge in [0.2, 0.25) is 0 Å². The number of epoxide rings is 1. The minimum Gasteiger partial charge on any atom is -0.455 e. The summed E-state index contributed by atoms with van der Waals surface area (Å²) in [5.74, 6) is -0.387. The molecule has 0 unspecified atom stereocenters. The van der Waals surface area contributed by atoms with Crippen LogP contribution in [0, 0.1) is 5.92 Å². The zero-order valence-corrected chi connectivity index (χ0v) is 18.2. The molecule has 3 heterocycles. The summed E-state index contributed by atoms with van der Waals surface area (Å²) in [6.45, 7) is 6.62. The van der Waals surface area contributed by atoms with Crippen molar-refractivity contribution in [2.75, 3.05) is 6.61 Å². The van der Waals surface area contributed by atoms with Gasteiger partial charge in [0.1, 0.15) is 18.8 Å². The van der Waals surface area contributed by atoms with Gasteiger partial charge in [-0.1, -0.05) is 30.9 Å². The molecule has 2 fully saturated rings. The van der Waals surface area contributed by atoms with Crippen molar-refractivity contribution < 1.29 is 23.8 Å². The number of amides is 1. The van der Waals surface area contributed by atoms with Crippen LogP contribution in [0.3, 0.4) is 0 Å². The lowest BCUT2D eigenvalue weighted by molar-refractivity contribution is -0.140. The van der Waals surface area contributed by atoms with Crippen molar-refractivity contribution >= 4 is 23.0 Å². The Morgan fingerprint density at radius 2 is 2.22 bits per heavy atom. The number of rotatable bonds is 4. The number of para-hydroxylation sites is 1. The predicted molar refractivity (Wildman–Crippen MR) is 119 cm³/mol. The van der Waals surface area contributed by atoms with E-state index in [-0.39, 0.29) is 36.3 Å². The van der Waals surface area contributed by atoms with Crippen molar-refractivity contribution in [2.24, 2.45) is 5.92 Å². The number of nitrogens with one attached hydrogen (secondary N) is 2. The van der Waals surface area contributed by atoms with Gasteiger partial charge in [-0.3, -0.25) is 0 Å². The Bertz CT molecular complexity index is 1100. The van der Waals surface area contributed by atoms with Crippen molar-refractivity contribution in [3.63, 3.8) is 0 Å².